The van der Waals surface area contributed by atoms with Crippen LogP contribution >= 0.6 is 11.3 Å². The molecule has 0 spiro atoms. The Balaban J connectivity index is 2.35. The third-order valence-electron chi connectivity index (χ3n) is 2.43. The van der Waals surface area contributed by atoms with Gasteiger partial charge in [0, 0.05) is 17.4 Å². The molecule has 2 nitrogen and oxygen atoms in total. The van der Waals surface area contributed by atoms with Crippen molar-refractivity contribution in [2.75, 3.05) is 7.11 Å². The standard InChI is InChI=1S/C13H10F2O2S/c1-17-13-10(5-8(14)6-11(13)15)12(16)7-9-3-2-4-18-9/h2-6H,7H2,1H3. The first kappa shape index (κ1) is 12.7. The van der Waals surface area contributed by atoms with Gasteiger partial charge in [-0.05, 0) is 17.5 Å². The van der Waals surface area contributed by atoms with E-state index in [2.05, 4.69) is 0 Å². The van der Waals surface area contributed by atoms with E-state index in [0.717, 1.165) is 10.9 Å². The van der Waals surface area contributed by atoms with Gasteiger partial charge < -0.3 is 4.74 Å². The molecule has 0 aliphatic heterocycles. The van der Waals surface area contributed by atoms with Crippen LogP contribution in [0.4, 0.5) is 8.78 Å². The molecule has 5 heteroatoms. The third-order valence-corrected chi connectivity index (χ3v) is 3.30. The summed E-state index contributed by atoms with van der Waals surface area (Å²) in [6, 6.07) is 5.31. The molecular weight excluding hydrogens is 258 g/mol. The van der Waals surface area contributed by atoms with Gasteiger partial charge in [0.15, 0.2) is 17.3 Å². The summed E-state index contributed by atoms with van der Waals surface area (Å²) in [4.78, 5) is 12.8. The van der Waals surface area contributed by atoms with E-state index in [9.17, 15) is 13.6 Å². The number of hydrogen-bond donors (Lipinski definition) is 0. The summed E-state index contributed by atoms with van der Waals surface area (Å²) < 4.78 is 31.4. The van der Waals surface area contributed by atoms with Gasteiger partial charge in [-0.1, -0.05) is 6.07 Å². The molecule has 1 aromatic heterocycles. The molecule has 0 radical (unpaired) electrons. The first-order chi connectivity index (χ1) is 8.61. The largest absolute Gasteiger partial charge is 0.493 e. The van der Waals surface area contributed by atoms with Gasteiger partial charge in [0.1, 0.15) is 5.82 Å². The predicted octanol–water partition coefficient (Wildman–Crippen LogP) is 3.46. The molecule has 0 aliphatic carbocycles. The van der Waals surface area contributed by atoms with Crippen LogP contribution in [0.15, 0.2) is 29.6 Å². The van der Waals surface area contributed by atoms with Gasteiger partial charge in [-0.3, -0.25) is 4.79 Å². The van der Waals surface area contributed by atoms with Gasteiger partial charge in [0.25, 0.3) is 0 Å². The Hall–Kier alpha value is -1.75. The molecule has 94 valence electrons. The van der Waals surface area contributed by atoms with Crippen molar-refractivity contribution >= 4 is 17.1 Å². The molecular formula is C13H10F2O2S. The molecule has 18 heavy (non-hydrogen) atoms. The average molecular weight is 268 g/mol. The highest BCUT2D eigenvalue weighted by atomic mass is 32.1. The Labute approximate surface area is 107 Å². The summed E-state index contributed by atoms with van der Waals surface area (Å²) in [6.07, 6.45) is 0.108. The topological polar surface area (TPSA) is 26.3 Å². The van der Waals surface area contributed by atoms with E-state index < -0.39 is 11.6 Å². The summed E-state index contributed by atoms with van der Waals surface area (Å²) in [7, 11) is 1.25. The number of rotatable bonds is 4. The molecule has 2 rings (SSSR count). The maximum absolute atomic E-state index is 13.4. The minimum atomic E-state index is -0.868. The lowest BCUT2D eigenvalue weighted by molar-refractivity contribution is 0.0989. The molecule has 0 unspecified atom stereocenters. The number of halogens is 2. The first-order valence-corrected chi connectivity index (χ1v) is 6.08. The van der Waals surface area contributed by atoms with E-state index in [1.165, 1.54) is 18.4 Å². The van der Waals surface area contributed by atoms with E-state index in [1.807, 2.05) is 11.4 Å². The highest BCUT2D eigenvalue weighted by Gasteiger charge is 2.18. The van der Waals surface area contributed by atoms with Crippen molar-refractivity contribution in [3.63, 3.8) is 0 Å². The minimum Gasteiger partial charge on any atom is -0.493 e. The quantitative estimate of drug-likeness (QED) is 0.794. The summed E-state index contributed by atoms with van der Waals surface area (Å²) in [5, 5.41) is 1.84. The SMILES string of the molecule is COc1c(F)cc(F)cc1C(=O)Cc1cccs1. The molecule has 1 heterocycles. The molecule has 0 aliphatic rings. The fourth-order valence-electron chi connectivity index (χ4n) is 1.64. The minimum absolute atomic E-state index is 0.0663. The number of hydrogen-bond acceptors (Lipinski definition) is 3. The van der Waals surface area contributed by atoms with E-state index in [1.54, 1.807) is 6.07 Å². The maximum Gasteiger partial charge on any atom is 0.171 e. The lowest BCUT2D eigenvalue weighted by Gasteiger charge is -2.08. The van der Waals surface area contributed by atoms with Gasteiger partial charge in [0.05, 0.1) is 12.7 Å². The van der Waals surface area contributed by atoms with Crippen LogP contribution in [0.25, 0.3) is 0 Å². The van der Waals surface area contributed by atoms with Crippen molar-refractivity contribution in [3.8, 4) is 5.75 Å². The normalized spacial score (nSPS) is 10.4. The molecule has 0 bridgehead atoms. The second kappa shape index (κ2) is 5.27. The van der Waals surface area contributed by atoms with Crippen LogP contribution in [0.2, 0.25) is 0 Å². The summed E-state index contributed by atoms with van der Waals surface area (Å²) in [5.74, 6) is -2.24. The molecule has 1 aromatic carbocycles. The second-order valence-corrected chi connectivity index (χ2v) is 4.68. The van der Waals surface area contributed by atoms with Gasteiger partial charge >= 0.3 is 0 Å². The fraction of sp³-hybridized carbons (Fsp3) is 0.154. The molecule has 0 saturated heterocycles. The van der Waals surface area contributed by atoms with Crippen LogP contribution in [-0.2, 0) is 6.42 Å². The average Bonchev–Trinajstić information content (AvgIpc) is 2.80. The third kappa shape index (κ3) is 2.56. The Morgan fingerprint density at radius 2 is 2.17 bits per heavy atom. The van der Waals surface area contributed by atoms with Crippen LogP contribution in [0.1, 0.15) is 15.2 Å². The second-order valence-electron chi connectivity index (χ2n) is 3.65. The van der Waals surface area contributed by atoms with E-state index in [-0.39, 0.29) is 23.5 Å². The number of benzene rings is 1. The predicted molar refractivity (Wildman–Crippen MR) is 65.3 cm³/mol. The number of methoxy groups -OCH3 is 1. The molecule has 0 N–H and O–H groups in total. The smallest absolute Gasteiger partial charge is 0.171 e. The number of Topliss-reactive ketones (excluding diaryl/α,β-unsaturated/α-hetero) is 1. The zero-order valence-electron chi connectivity index (χ0n) is 9.57. The summed E-state index contributed by atoms with van der Waals surface area (Å²) in [5.41, 5.74) is -0.0663. The van der Waals surface area contributed by atoms with Gasteiger partial charge in [-0.25, -0.2) is 8.78 Å². The van der Waals surface area contributed by atoms with Crippen LogP contribution < -0.4 is 4.74 Å². The number of ketones is 1. The Bertz CT molecular complexity index is 565. The van der Waals surface area contributed by atoms with Crippen LogP contribution in [0.5, 0.6) is 5.75 Å². The monoisotopic (exact) mass is 268 g/mol. The highest BCUT2D eigenvalue weighted by Crippen LogP contribution is 2.26. The van der Waals surface area contributed by atoms with E-state index in [4.69, 9.17) is 4.74 Å². The van der Waals surface area contributed by atoms with Crippen LogP contribution in [0.3, 0.4) is 0 Å². The molecule has 0 saturated carbocycles. The summed E-state index contributed by atoms with van der Waals surface area (Å²) >= 11 is 1.42. The van der Waals surface area contributed by atoms with Crippen molar-refractivity contribution in [1.82, 2.24) is 0 Å². The maximum atomic E-state index is 13.4. The molecule has 0 atom stereocenters. The van der Waals surface area contributed by atoms with Gasteiger partial charge in [-0.15, -0.1) is 11.3 Å². The number of carbonyl (C=O) groups is 1. The molecule has 2 aromatic rings. The lowest BCUT2D eigenvalue weighted by atomic mass is 10.1. The van der Waals surface area contributed by atoms with Crippen molar-refractivity contribution in [2.45, 2.75) is 6.42 Å². The summed E-state index contributed by atoms with van der Waals surface area (Å²) in [6.45, 7) is 0. The Kier molecular flexibility index (Phi) is 3.72. The van der Waals surface area contributed by atoms with Crippen LogP contribution in [0, 0.1) is 11.6 Å². The number of thiophene rings is 1. The molecule has 0 amide bonds. The number of ether oxygens (including phenoxy) is 1. The zero-order chi connectivity index (χ0) is 13.1. The van der Waals surface area contributed by atoms with E-state index >= 15 is 0 Å². The van der Waals surface area contributed by atoms with Crippen LogP contribution in [-0.4, -0.2) is 12.9 Å². The Morgan fingerprint density at radius 3 is 2.78 bits per heavy atom. The van der Waals surface area contributed by atoms with Crippen molar-refractivity contribution in [3.05, 3.63) is 51.7 Å². The molecule has 0 fully saturated rings. The number of carbonyl (C=O) groups excluding carboxylic acids is 1. The van der Waals surface area contributed by atoms with E-state index in [0.29, 0.717) is 6.07 Å². The van der Waals surface area contributed by atoms with Crippen molar-refractivity contribution < 1.29 is 18.3 Å². The van der Waals surface area contributed by atoms with Crippen molar-refractivity contribution in [2.24, 2.45) is 0 Å². The fourth-order valence-corrected chi connectivity index (χ4v) is 2.35. The van der Waals surface area contributed by atoms with Gasteiger partial charge in [0.2, 0.25) is 0 Å². The lowest BCUT2D eigenvalue weighted by Crippen LogP contribution is -2.07. The van der Waals surface area contributed by atoms with Crippen molar-refractivity contribution in [1.29, 1.82) is 0 Å². The zero-order valence-corrected chi connectivity index (χ0v) is 10.4. The Morgan fingerprint density at radius 1 is 1.39 bits per heavy atom. The first-order valence-electron chi connectivity index (χ1n) is 5.20. The van der Waals surface area contributed by atoms with Gasteiger partial charge in [-0.2, -0.15) is 0 Å². The highest BCUT2D eigenvalue weighted by molar-refractivity contribution is 7.10.